The first-order valence-electron chi connectivity index (χ1n) is 6.78. The first-order chi connectivity index (χ1) is 9.22. The fraction of sp³-hybridized carbons (Fsp3) is 0.500. The zero-order valence-corrected chi connectivity index (χ0v) is 11.6. The van der Waals surface area contributed by atoms with E-state index in [2.05, 4.69) is 6.58 Å². The van der Waals surface area contributed by atoms with Gasteiger partial charge in [0.25, 0.3) is 0 Å². The lowest BCUT2D eigenvalue weighted by molar-refractivity contribution is 0.144. The van der Waals surface area contributed by atoms with Crippen LogP contribution >= 0.6 is 0 Å². The Hall–Kier alpha value is -1.32. The van der Waals surface area contributed by atoms with Crippen LogP contribution in [0, 0.1) is 0 Å². The van der Waals surface area contributed by atoms with Crippen molar-refractivity contribution in [1.82, 2.24) is 0 Å². The summed E-state index contributed by atoms with van der Waals surface area (Å²) in [6, 6.07) is 7.71. The molecule has 0 aliphatic heterocycles. The van der Waals surface area contributed by atoms with Crippen LogP contribution in [-0.4, -0.2) is 30.0 Å². The number of aliphatic hydroxyl groups excluding tert-OH is 2. The summed E-state index contributed by atoms with van der Waals surface area (Å²) in [6.07, 6.45) is 4.75. The molecule has 2 N–H and O–H groups in total. The van der Waals surface area contributed by atoms with Crippen molar-refractivity contribution < 1.29 is 14.9 Å². The van der Waals surface area contributed by atoms with E-state index in [0.717, 1.165) is 37.0 Å². The standard InChI is InChI=1S/C16H24O3/c1-3-15(16(18)7-5-4-6-12-17)13-8-10-14(19-2)11-9-13/h3,8-11,15-18H,1,4-7,12H2,2H3/t15-,16-/m1/s1. The van der Waals surface area contributed by atoms with Crippen LogP contribution < -0.4 is 4.74 Å². The van der Waals surface area contributed by atoms with Gasteiger partial charge in [0.1, 0.15) is 5.75 Å². The average molecular weight is 264 g/mol. The lowest BCUT2D eigenvalue weighted by Gasteiger charge is -2.20. The number of rotatable bonds is 9. The zero-order chi connectivity index (χ0) is 14.1. The van der Waals surface area contributed by atoms with E-state index in [1.807, 2.05) is 24.3 Å². The van der Waals surface area contributed by atoms with E-state index in [9.17, 15) is 5.11 Å². The molecule has 0 heterocycles. The topological polar surface area (TPSA) is 49.7 Å². The van der Waals surface area contributed by atoms with Crippen molar-refractivity contribution in [3.05, 3.63) is 42.5 Å². The highest BCUT2D eigenvalue weighted by Gasteiger charge is 2.17. The summed E-state index contributed by atoms with van der Waals surface area (Å²) in [4.78, 5) is 0. The molecular formula is C16H24O3. The Labute approximate surface area is 115 Å². The number of benzene rings is 1. The van der Waals surface area contributed by atoms with Gasteiger partial charge in [0.15, 0.2) is 0 Å². The molecule has 1 rings (SSSR count). The number of aliphatic hydroxyl groups is 2. The zero-order valence-electron chi connectivity index (χ0n) is 11.6. The van der Waals surface area contributed by atoms with Crippen molar-refractivity contribution >= 4 is 0 Å². The fourth-order valence-electron chi connectivity index (χ4n) is 2.16. The van der Waals surface area contributed by atoms with Crippen molar-refractivity contribution in [2.45, 2.75) is 37.7 Å². The molecule has 2 atom stereocenters. The first-order valence-corrected chi connectivity index (χ1v) is 6.78. The highest BCUT2D eigenvalue weighted by atomic mass is 16.5. The molecule has 0 radical (unpaired) electrons. The summed E-state index contributed by atoms with van der Waals surface area (Å²) in [7, 11) is 1.63. The Balaban J connectivity index is 2.57. The van der Waals surface area contributed by atoms with Gasteiger partial charge >= 0.3 is 0 Å². The minimum Gasteiger partial charge on any atom is -0.497 e. The normalized spacial score (nSPS) is 13.8. The number of methoxy groups -OCH3 is 1. The van der Waals surface area contributed by atoms with Crippen molar-refractivity contribution in [1.29, 1.82) is 0 Å². The van der Waals surface area contributed by atoms with Crippen LogP contribution in [0.2, 0.25) is 0 Å². The molecule has 0 unspecified atom stereocenters. The Kier molecular flexibility index (Phi) is 7.23. The minimum atomic E-state index is -0.426. The van der Waals surface area contributed by atoms with E-state index < -0.39 is 6.10 Å². The second-order valence-corrected chi connectivity index (χ2v) is 4.67. The number of hydrogen-bond donors (Lipinski definition) is 2. The first kappa shape index (κ1) is 15.7. The molecule has 3 heteroatoms. The van der Waals surface area contributed by atoms with Gasteiger partial charge in [0.05, 0.1) is 13.2 Å². The summed E-state index contributed by atoms with van der Waals surface area (Å²) in [5.74, 6) is 0.754. The monoisotopic (exact) mass is 264 g/mol. The molecule has 0 amide bonds. The van der Waals surface area contributed by atoms with E-state index in [4.69, 9.17) is 9.84 Å². The number of ether oxygens (including phenoxy) is 1. The molecule has 0 spiro atoms. The summed E-state index contributed by atoms with van der Waals surface area (Å²) >= 11 is 0. The molecule has 1 aromatic carbocycles. The van der Waals surface area contributed by atoms with Gasteiger partial charge in [-0.05, 0) is 30.5 Å². The van der Waals surface area contributed by atoms with Crippen LogP contribution in [0.25, 0.3) is 0 Å². The van der Waals surface area contributed by atoms with Gasteiger partial charge < -0.3 is 14.9 Å². The van der Waals surface area contributed by atoms with Gasteiger partial charge in [-0.2, -0.15) is 0 Å². The summed E-state index contributed by atoms with van der Waals surface area (Å²) in [6.45, 7) is 4.04. The van der Waals surface area contributed by atoms with Crippen molar-refractivity contribution in [2.24, 2.45) is 0 Å². The van der Waals surface area contributed by atoms with Gasteiger partial charge in [-0.25, -0.2) is 0 Å². The van der Waals surface area contributed by atoms with Gasteiger partial charge in [0, 0.05) is 12.5 Å². The van der Waals surface area contributed by atoms with Crippen LogP contribution in [0.5, 0.6) is 5.75 Å². The maximum absolute atomic E-state index is 10.2. The van der Waals surface area contributed by atoms with E-state index in [1.165, 1.54) is 0 Å². The van der Waals surface area contributed by atoms with Crippen LogP contribution in [0.15, 0.2) is 36.9 Å². The van der Waals surface area contributed by atoms with Gasteiger partial charge in [0.2, 0.25) is 0 Å². The van der Waals surface area contributed by atoms with E-state index in [1.54, 1.807) is 13.2 Å². The van der Waals surface area contributed by atoms with Crippen molar-refractivity contribution in [3.63, 3.8) is 0 Å². The predicted octanol–water partition coefficient (Wildman–Crippen LogP) is 2.88. The molecular weight excluding hydrogens is 240 g/mol. The van der Waals surface area contributed by atoms with Gasteiger partial charge in [-0.15, -0.1) is 6.58 Å². The molecule has 1 aromatic rings. The van der Waals surface area contributed by atoms with Crippen LogP contribution in [0.1, 0.15) is 37.2 Å². The van der Waals surface area contributed by atoms with Crippen molar-refractivity contribution in [2.75, 3.05) is 13.7 Å². The molecule has 0 aliphatic carbocycles. The number of unbranched alkanes of at least 4 members (excludes halogenated alkanes) is 2. The molecule has 0 bridgehead atoms. The summed E-state index contributed by atoms with van der Waals surface area (Å²) < 4.78 is 5.12. The largest absolute Gasteiger partial charge is 0.497 e. The highest BCUT2D eigenvalue weighted by Crippen LogP contribution is 2.26. The van der Waals surface area contributed by atoms with Gasteiger partial charge in [-0.3, -0.25) is 0 Å². The maximum atomic E-state index is 10.2. The number of hydrogen-bond acceptors (Lipinski definition) is 3. The van der Waals surface area contributed by atoms with E-state index in [0.29, 0.717) is 0 Å². The van der Waals surface area contributed by atoms with Crippen LogP contribution in [0.4, 0.5) is 0 Å². The van der Waals surface area contributed by atoms with E-state index >= 15 is 0 Å². The second-order valence-electron chi connectivity index (χ2n) is 4.67. The average Bonchev–Trinajstić information content (AvgIpc) is 2.45. The Morgan fingerprint density at radius 1 is 1.21 bits per heavy atom. The van der Waals surface area contributed by atoms with Crippen LogP contribution in [-0.2, 0) is 0 Å². The quantitative estimate of drug-likeness (QED) is 0.532. The third-order valence-corrected chi connectivity index (χ3v) is 3.33. The third kappa shape index (κ3) is 5.05. The van der Waals surface area contributed by atoms with Crippen molar-refractivity contribution in [3.8, 4) is 5.75 Å². The molecule has 0 aliphatic rings. The fourth-order valence-corrected chi connectivity index (χ4v) is 2.16. The lowest BCUT2D eigenvalue weighted by Crippen LogP contribution is -2.16. The molecule has 19 heavy (non-hydrogen) atoms. The molecule has 3 nitrogen and oxygen atoms in total. The molecule has 0 saturated carbocycles. The smallest absolute Gasteiger partial charge is 0.118 e. The lowest BCUT2D eigenvalue weighted by atomic mass is 9.90. The SMILES string of the molecule is C=C[C@H](c1ccc(OC)cc1)[C@H](O)CCCCCO. The maximum Gasteiger partial charge on any atom is 0.118 e. The molecule has 106 valence electrons. The van der Waals surface area contributed by atoms with Gasteiger partial charge in [-0.1, -0.05) is 31.1 Å². The summed E-state index contributed by atoms with van der Waals surface area (Å²) in [5.41, 5.74) is 1.05. The molecule has 0 aromatic heterocycles. The van der Waals surface area contributed by atoms with Crippen LogP contribution in [0.3, 0.4) is 0 Å². The Bertz CT molecular complexity index is 359. The third-order valence-electron chi connectivity index (χ3n) is 3.33. The Morgan fingerprint density at radius 3 is 2.42 bits per heavy atom. The Morgan fingerprint density at radius 2 is 1.89 bits per heavy atom. The highest BCUT2D eigenvalue weighted by molar-refractivity contribution is 5.31. The predicted molar refractivity (Wildman–Crippen MR) is 77.5 cm³/mol. The molecule has 0 fully saturated rings. The summed E-state index contributed by atoms with van der Waals surface area (Å²) in [5, 5.41) is 18.9. The van der Waals surface area contributed by atoms with E-state index in [-0.39, 0.29) is 12.5 Å². The second kappa shape index (κ2) is 8.73. The molecule has 0 saturated heterocycles. The minimum absolute atomic E-state index is 0.0555.